The molecule has 2 N–H and O–H groups in total. The van der Waals surface area contributed by atoms with Crippen LogP contribution in [0.1, 0.15) is 23.6 Å². The number of nitrogens with zero attached hydrogens (tertiary/aromatic N) is 1. The number of sulfonamides is 1. The molecule has 6 heteroatoms. The molecule has 0 amide bonds. The third kappa shape index (κ3) is 3.05. The van der Waals surface area contributed by atoms with Crippen LogP contribution in [0, 0.1) is 13.8 Å². The minimum Gasteiger partial charge on any atom is -0.360 e. The lowest BCUT2D eigenvalue weighted by Crippen LogP contribution is -2.20. The SMILES string of the molecule is C/C(=N\NS(=O)(=O)c1ccc(C)cc1C)c1c[nH]c2ccccc12. The molecule has 1 heterocycles. The lowest BCUT2D eigenvalue weighted by molar-refractivity contribution is 0.584. The summed E-state index contributed by atoms with van der Waals surface area (Å²) < 4.78 is 25.0. The number of H-pyrrole nitrogens is 1. The summed E-state index contributed by atoms with van der Waals surface area (Å²) >= 11 is 0. The Morgan fingerprint density at radius 2 is 1.88 bits per heavy atom. The maximum absolute atomic E-state index is 12.5. The summed E-state index contributed by atoms with van der Waals surface area (Å²) in [7, 11) is -3.69. The first-order valence-corrected chi connectivity index (χ1v) is 9.06. The maximum Gasteiger partial charge on any atom is 0.276 e. The van der Waals surface area contributed by atoms with Crippen LogP contribution in [-0.2, 0) is 10.0 Å². The molecule has 0 saturated carbocycles. The van der Waals surface area contributed by atoms with Crippen molar-refractivity contribution in [2.75, 3.05) is 0 Å². The Kier molecular flexibility index (Phi) is 4.15. The van der Waals surface area contributed by atoms with Crippen LogP contribution in [0.25, 0.3) is 10.9 Å². The van der Waals surface area contributed by atoms with Crippen LogP contribution in [-0.4, -0.2) is 19.1 Å². The summed E-state index contributed by atoms with van der Waals surface area (Å²) in [5.74, 6) is 0. The molecular formula is C18H19N3O2S. The van der Waals surface area contributed by atoms with Crippen molar-refractivity contribution < 1.29 is 8.42 Å². The highest BCUT2D eigenvalue weighted by Crippen LogP contribution is 2.19. The zero-order valence-electron chi connectivity index (χ0n) is 13.8. The van der Waals surface area contributed by atoms with Gasteiger partial charge in [0, 0.05) is 22.7 Å². The highest BCUT2D eigenvalue weighted by molar-refractivity contribution is 7.89. The van der Waals surface area contributed by atoms with Gasteiger partial charge in [-0.15, -0.1) is 0 Å². The van der Waals surface area contributed by atoms with Gasteiger partial charge in [-0.05, 0) is 38.5 Å². The van der Waals surface area contributed by atoms with Gasteiger partial charge in [-0.2, -0.15) is 18.4 Å². The van der Waals surface area contributed by atoms with Crippen molar-refractivity contribution in [2.45, 2.75) is 25.7 Å². The van der Waals surface area contributed by atoms with E-state index in [0.717, 1.165) is 22.0 Å². The van der Waals surface area contributed by atoms with Crippen LogP contribution < -0.4 is 4.83 Å². The molecule has 0 unspecified atom stereocenters. The van der Waals surface area contributed by atoms with Gasteiger partial charge in [0.05, 0.1) is 10.6 Å². The van der Waals surface area contributed by atoms with Crippen LogP contribution in [0.5, 0.6) is 0 Å². The molecule has 0 radical (unpaired) electrons. The Morgan fingerprint density at radius 3 is 2.62 bits per heavy atom. The third-order valence-corrected chi connectivity index (χ3v) is 5.30. The van der Waals surface area contributed by atoms with Gasteiger partial charge >= 0.3 is 0 Å². The van der Waals surface area contributed by atoms with Gasteiger partial charge in [-0.25, -0.2) is 0 Å². The average molecular weight is 341 g/mol. The van der Waals surface area contributed by atoms with E-state index in [0.29, 0.717) is 11.3 Å². The quantitative estimate of drug-likeness (QED) is 0.563. The normalized spacial score (nSPS) is 12.5. The second-order valence-corrected chi connectivity index (χ2v) is 7.44. The van der Waals surface area contributed by atoms with Gasteiger partial charge in [0.1, 0.15) is 0 Å². The second-order valence-electron chi connectivity index (χ2n) is 5.81. The smallest absolute Gasteiger partial charge is 0.276 e. The van der Waals surface area contributed by atoms with E-state index in [1.54, 1.807) is 26.0 Å². The largest absolute Gasteiger partial charge is 0.360 e. The van der Waals surface area contributed by atoms with E-state index in [9.17, 15) is 8.42 Å². The molecule has 5 nitrogen and oxygen atoms in total. The standard InChI is InChI=1S/C18H19N3O2S/c1-12-8-9-18(13(2)10-12)24(22,23)21-20-14(3)16-11-19-17-7-5-4-6-15(16)17/h4-11,19,21H,1-3H3/b20-14+. The number of aryl methyl sites for hydroxylation is 2. The van der Waals surface area contributed by atoms with E-state index in [-0.39, 0.29) is 4.90 Å². The number of para-hydroxylation sites is 1. The number of fused-ring (bicyclic) bond motifs is 1. The topological polar surface area (TPSA) is 74.3 Å². The fourth-order valence-electron chi connectivity index (χ4n) is 2.71. The Labute approximate surface area is 141 Å². The van der Waals surface area contributed by atoms with Crippen LogP contribution in [0.3, 0.4) is 0 Å². The lowest BCUT2D eigenvalue weighted by Gasteiger charge is -2.08. The Hall–Kier alpha value is -2.60. The number of aromatic nitrogens is 1. The van der Waals surface area contributed by atoms with Gasteiger partial charge < -0.3 is 4.98 Å². The number of hydrogen-bond acceptors (Lipinski definition) is 3. The van der Waals surface area contributed by atoms with E-state index < -0.39 is 10.0 Å². The minimum atomic E-state index is -3.69. The van der Waals surface area contributed by atoms with E-state index in [1.807, 2.05) is 43.5 Å². The van der Waals surface area contributed by atoms with Crippen molar-refractivity contribution in [1.82, 2.24) is 9.82 Å². The van der Waals surface area contributed by atoms with E-state index >= 15 is 0 Å². The van der Waals surface area contributed by atoms with Crippen LogP contribution in [0.4, 0.5) is 0 Å². The molecule has 3 aromatic rings. The van der Waals surface area contributed by atoms with Crippen molar-refractivity contribution in [1.29, 1.82) is 0 Å². The summed E-state index contributed by atoms with van der Waals surface area (Å²) in [4.78, 5) is 5.73. The van der Waals surface area contributed by atoms with Gasteiger partial charge in [0.15, 0.2) is 0 Å². The zero-order valence-corrected chi connectivity index (χ0v) is 14.6. The molecule has 0 fully saturated rings. The molecule has 3 rings (SSSR count). The van der Waals surface area contributed by atoms with Gasteiger partial charge in [0.25, 0.3) is 10.0 Å². The second kappa shape index (κ2) is 6.13. The molecule has 24 heavy (non-hydrogen) atoms. The van der Waals surface area contributed by atoms with Crippen molar-refractivity contribution in [3.8, 4) is 0 Å². The molecule has 0 aliphatic heterocycles. The molecule has 0 aliphatic carbocycles. The molecule has 1 aromatic heterocycles. The minimum absolute atomic E-state index is 0.239. The van der Waals surface area contributed by atoms with Crippen LogP contribution in [0.15, 0.2) is 58.7 Å². The first-order chi connectivity index (χ1) is 11.4. The predicted molar refractivity (Wildman–Crippen MR) is 96.7 cm³/mol. The highest BCUT2D eigenvalue weighted by Gasteiger charge is 2.16. The summed E-state index contributed by atoms with van der Waals surface area (Å²) in [6.45, 7) is 5.48. The summed E-state index contributed by atoms with van der Waals surface area (Å²) in [6.07, 6.45) is 1.83. The highest BCUT2D eigenvalue weighted by atomic mass is 32.2. The average Bonchev–Trinajstić information content (AvgIpc) is 2.96. The number of aromatic amines is 1. The molecule has 0 spiro atoms. The molecule has 2 aromatic carbocycles. The Bertz CT molecular complexity index is 1030. The molecule has 124 valence electrons. The number of benzene rings is 2. The van der Waals surface area contributed by atoms with Crippen molar-refractivity contribution in [3.63, 3.8) is 0 Å². The van der Waals surface area contributed by atoms with E-state index in [1.165, 1.54) is 0 Å². The van der Waals surface area contributed by atoms with Crippen molar-refractivity contribution in [2.24, 2.45) is 5.10 Å². The van der Waals surface area contributed by atoms with Crippen molar-refractivity contribution >= 4 is 26.6 Å². The van der Waals surface area contributed by atoms with Gasteiger partial charge in [-0.3, -0.25) is 0 Å². The first-order valence-electron chi connectivity index (χ1n) is 7.58. The third-order valence-electron chi connectivity index (χ3n) is 3.93. The summed E-state index contributed by atoms with van der Waals surface area (Å²) in [5, 5.41) is 5.09. The van der Waals surface area contributed by atoms with Gasteiger partial charge in [0.2, 0.25) is 0 Å². The molecule has 0 aliphatic rings. The molecule has 0 atom stereocenters. The van der Waals surface area contributed by atoms with Crippen molar-refractivity contribution in [3.05, 3.63) is 65.4 Å². The number of nitrogens with one attached hydrogen (secondary N) is 2. The fraction of sp³-hybridized carbons (Fsp3) is 0.167. The maximum atomic E-state index is 12.5. The van der Waals surface area contributed by atoms with Gasteiger partial charge in [-0.1, -0.05) is 35.9 Å². The number of rotatable bonds is 4. The Balaban J connectivity index is 1.91. The van der Waals surface area contributed by atoms with E-state index in [2.05, 4.69) is 14.9 Å². The predicted octanol–water partition coefficient (Wildman–Crippen LogP) is 3.49. The fourth-order valence-corrected chi connectivity index (χ4v) is 3.80. The zero-order chi connectivity index (χ0) is 17.3. The van der Waals surface area contributed by atoms with E-state index in [4.69, 9.17) is 0 Å². The molecule has 0 bridgehead atoms. The summed E-state index contributed by atoms with van der Waals surface area (Å²) in [5.41, 5.74) is 4.17. The number of hydrogen-bond donors (Lipinski definition) is 2. The number of hydrazone groups is 1. The summed E-state index contributed by atoms with van der Waals surface area (Å²) in [6, 6.07) is 13.0. The molecule has 0 saturated heterocycles. The lowest BCUT2D eigenvalue weighted by atomic mass is 10.1. The first kappa shape index (κ1) is 16.3. The molecular weight excluding hydrogens is 322 g/mol. The Morgan fingerprint density at radius 1 is 1.12 bits per heavy atom. The van der Waals surface area contributed by atoms with Crippen LogP contribution >= 0.6 is 0 Å². The van der Waals surface area contributed by atoms with Crippen LogP contribution in [0.2, 0.25) is 0 Å². The monoisotopic (exact) mass is 341 g/mol.